The van der Waals surface area contributed by atoms with Crippen molar-refractivity contribution in [2.24, 2.45) is 5.73 Å². The first-order chi connectivity index (χ1) is 8.39. The van der Waals surface area contributed by atoms with Gasteiger partial charge in [0, 0.05) is 46.7 Å². The number of carbonyl (C=O) groups excluding carboxylic acids is 1. The standard InChI is InChI=1S/C10H22N4O3S/c1-10(15)13-6-8-14(9-7-13)18(16,17)12(2)5-3-4-11/h3-9,11H2,1-2H3. The minimum absolute atomic E-state index is 0.0106. The molecule has 106 valence electrons. The third-order valence-corrected chi connectivity index (χ3v) is 5.07. The van der Waals surface area contributed by atoms with Crippen LogP contribution in [-0.4, -0.2) is 74.2 Å². The molecule has 8 heteroatoms. The van der Waals surface area contributed by atoms with Crippen molar-refractivity contribution in [2.45, 2.75) is 13.3 Å². The van der Waals surface area contributed by atoms with Crippen LogP contribution in [0, 0.1) is 0 Å². The van der Waals surface area contributed by atoms with Gasteiger partial charge in [-0.15, -0.1) is 0 Å². The second-order valence-corrected chi connectivity index (χ2v) is 6.41. The van der Waals surface area contributed by atoms with Gasteiger partial charge in [0.1, 0.15) is 0 Å². The quantitative estimate of drug-likeness (QED) is 0.675. The van der Waals surface area contributed by atoms with E-state index in [9.17, 15) is 13.2 Å². The van der Waals surface area contributed by atoms with Crippen LogP contribution in [0.2, 0.25) is 0 Å². The van der Waals surface area contributed by atoms with E-state index in [4.69, 9.17) is 5.73 Å². The molecule has 2 N–H and O–H groups in total. The van der Waals surface area contributed by atoms with E-state index in [1.165, 1.54) is 15.5 Å². The van der Waals surface area contributed by atoms with Crippen molar-refractivity contribution in [3.8, 4) is 0 Å². The van der Waals surface area contributed by atoms with Crippen LogP contribution in [0.15, 0.2) is 0 Å². The average Bonchev–Trinajstić information content (AvgIpc) is 2.35. The predicted octanol–water partition coefficient (Wildman–Crippen LogP) is -1.32. The summed E-state index contributed by atoms with van der Waals surface area (Å²) in [5, 5.41) is 0. The average molecular weight is 278 g/mol. The van der Waals surface area contributed by atoms with E-state index in [2.05, 4.69) is 0 Å². The molecular weight excluding hydrogens is 256 g/mol. The number of rotatable bonds is 5. The molecule has 1 rings (SSSR count). The third kappa shape index (κ3) is 3.64. The molecule has 1 amide bonds. The Balaban J connectivity index is 2.57. The molecule has 0 bridgehead atoms. The number of hydrogen-bond acceptors (Lipinski definition) is 4. The zero-order valence-electron chi connectivity index (χ0n) is 11.0. The maximum atomic E-state index is 12.2. The van der Waals surface area contributed by atoms with Crippen LogP contribution in [0.3, 0.4) is 0 Å². The first kappa shape index (κ1) is 15.4. The lowest BCUT2D eigenvalue weighted by atomic mass is 10.3. The van der Waals surface area contributed by atoms with E-state index in [0.717, 1.165) is 0 Å². The van der Waals surface area contributed by atoms with Gasteiger partial charge in [0.2, 0.25) is 5.91 Å². The Hall–Kier alpha value is -0.700. The Morgan fingerprint density at radius 1 is 1.28 bits per heavy atom. The summed E-state index contributed by atoms with van der Waals surface area (Å²) in [5.74, 6) is -0.0106. The molecule has 7 nitrogen and oxygen atoms in total. The Kier molecular flexibility index (Phi) is 5.51. The third-order valence-electron chi connectivity index (χ3n) is 3.08. The van der Waals surface area contributed by atoms with Crippen molar-refractivity contribution < 1.29 is 13.2 Å². The number of nitrogens with zero attached hydrogens (tertiary/aromatic N) is 3. The van der Waals surface area contributed by atoms with E-state index in [1.807, 2.05) is 0 Å². The summed E-state index contributed by atoms with van der Waals surface area (Å²) < 4.78 is 27.1. The molecule has 0 saturated carbocycles. The topological polar surface area (TPSA) is 87.0 Å². The first-order valence-corrected chi connectivity index (χ1v) is 7.46. The monoisotopic (exact) mass is 278 g/mol. The van der Waals surface area contributed by atoms with Gasteiger partial charge >= 0.3 is 0 Å². The summed E-state index contributed by atoms with van der Waals surface area (Å²) in [6.07, 6.45) is 0.642. The lowest BCUT2D eigenvalue weighted by molar-refractivity contribution is -0.130. The van der Waals surface area contributed by atoms with Crippen molar-refractivity contribution in [1.82, 2.24) is 13.5 Å². The van der Waals surface area contributed by atoms with E-state index < -0.39 is 10.2 Å². The minimum atomic E-state index is -3.41. The largest absolute Gasteiger partial charge is 0.340 e. The summed E-state index contributed by atoms with van der Waals surface area (Å²) in [5.41, 5.74) is 5.37. The number of carbonyl (C=O) groups is 1. The normalized spacial score (nSPS) is 18.3. The molecule has 0 spiro atoms. The lowest BCUT2D eigenvalue weighted by Crippen LogP contribution is -2.53. The molecule has 18 heavy (non-hydrogen) atoms. The van der Waals surface area contributed by atoms with Gasteiger partial charge in [0.15, 0.2) is 0 Å². The summed E-state index contributed by atoms with van der Waals surface area (Å²) in [6, 6.07) is 0. The fourth-order valence-corrected chi connectivity index (χ4v) is 3.24. The Bertz CT molecular complexity index is 377. The zero-order valence-corrected chi connectivity index (χ0v) is 11.8. The Morgan fingerprint density at radius 3 is 2.28 bits per heavy atom. The Labute approximate surface area is 109 Å². The van der Waals surface area contributed by atoms with Crippen molar-refractivity contribution in [3.63, 3.8) is 0 Å². The van der Waals surface area contributed by atoms with Crippen molar-refractivity contribution in [3.05, 3.63) is 0 Å². The molecule has 1 fully saturated rings. The van der Waals surface area contributed by atoms with Crippen LogP contribution < -0.4 is 5.73 Å². The molecule has 0 atom stereocenters. The maximum Gasteiger partial charge on any atom is 0.281 e. The fourth-order valence-electron chi connectivity index (χ4n) is 1.86. The van der Waals surface area contributed by atoms with Crippen molar-refractivity contribution in [1.29, 1.82) is 0 Å². The van der Waals surface area contributed by atoms with Gasteiger partial charge in [-0.25, -0.2) is 0 Å². The molecule has 0 aromatic rings. The first-order valence-electron chi connectivity index (χ1n) is 6.06. The van der Waals surface area contributed by atoms with Crippen LogP contribution in [0.25, 0.3) is 0 Å². The highest BCUT2D eigenvalue weighted by atomic mass is 32.2. The fraction of sp³-hybridized carbons (Fsp3) is 0.900. The summed E-state index contributed by atoms with van der Waals surface area (Å²) >= 11 is 0. The number of nitrogens with two attached hydrogens (primary N) is 1. The maximum absolute atomic E-state index is 12.2. The van der Waals surface area contributed by atoms with Gasteiger partial charge in [0.25, 0.3) is 10.2 Å². The molecular formula is C10H22N4O3S. The predicted molar refractivity (Wildman–Crippen MR) is 69.0 cm³/mol. The van der Waals surface area contributed by atoms with Crippen LogP contribution in [-0.2, 0) is 15.0 Å². The second kappa shape index (κ2) is 6.46. The van der Waals surface area contributed by atoms with Crippen LogP contribution in [0.5, 0.6) is 0 Å². The summed E-state index contributed by atoms with van der Waals surface area (Å²) in [7, 11) is -1.85. The smallest absolute Gasteiger partial charge is 0.281 e. The van der Waals surface area contributed by atoms with Crippen molar-refractivity contribution in [2.75, 3.05) is 46.3 Å². The van der Waals surface area contributed by atoms with E-state index in [1.54, 1.807) is 11.9 Å². The van der Waals surface area contributed by atoms with Gasteiger partial charge in [0.05, 0.1) is 0 Å². The minimum Gasteiger partial charge on any atom is -0.340 e. The van der Waals surface area contributed by atoms with E-state index in [-0.39, 0.29) is 5.91 Å². The highest BCUT2D eigenvalue weighted by molar-refractivity contribution is 7.86. The molecule has 0 aromatic carbocycles. The molecule has 1 aliphatic heterocycles. The number of piperazine rings is 1. The molecule has 0 unspecified atom stereocenters. The second-order valence-electron chi connectivity index (χ2n) is 4.38. The van der Waals surface area contributed by atoms with Gasteiger partial charge in [-0.3, -0.25) is 4.79 Å². The molecule has 1 aliphatic rings. The van der Waals surface area contributed by atoms with Gasteiger partial charge in [-0.2, -0.15) is 17.0 Å². The molecule has 0 aromatic heterocycles. The van der Waals surface area contributed by atoms with E-state index in [0.29, 0.717) is 45.7 Å². The number of hydrogen-bond donors (Lipinski definition) is 1. The Morgan fingerprint density at radius 2 is 1.83 bits per heavy atom. The molecule has 1 saturated heterocycles. The van der Waals surface area contributed by atoms with Crippen molar-refractivity contribution >= 4 is 16.1 Å². The highest BCUT2D eigenvalue weighted by Crippen LogP contribution is 2.11. The van der Waals surface area contributed by atoms with Gasteiger partial charge in [-0.05, 0) is 13.0 Å². The molecule has 0 aliphatic carbocycles. The van der Waals surface area contributed by atoms with Crippen LogP contribution in [0.1, 0.15) is 13.3 Å². The van der Waals surface area contributed by atoms with Crippen LogP contribution >= 0.6 is 0 Å². The highest BCUT2D eigenvalue weighted by Gasteiger charge is 2.30. The molecule has 0 radical (unpaired) electrons. The van der Waals surface area contributed by atoms with Gasteiger partial charge < -0.3 is 10.6 Å². The lowest BCUT2D eigenvalue weighted by Gasteiger charge is -2.35. The van der Waals surface area contributed by atoms with Gasteiger partial charge in [-0.1, -0.05) is 0 Å². The summed E-state index contributed by atoms with van der Waals surface area (Å²) in [6.45, 7) is 4.02. The summed E-state index contributed by atoms with van der Waals surface area (Å²) in [4.78, 5) is 12.8. The number of amides is 1. The SMILES string of the molecule is CC(=O)N1CCN(S(=O)(=O)N(C)CCCN)CC1. The zero-order chi connectivity index (χ0) is 13.8. The van der Waals surface area contributed by atoms with E-state index >= 15 is 0 Å². The molecule has 1 heterocycles. The van der Waals surface area contributed by atoms with Crippen LogP contribution in [0.4, 0.5) is 0 Å².